The average molecular weight is 403 g/mol. The van der Waals surface area contributed by atoms with E-state index < -0.39 is 0 Å². The van der Waals surface area contributed by atoms with Gasteiger partial charge in [0, 0.05) is 19.6 Å². The van der Waals surface area contributed by atoms with E-state index in [1.165, 1.54) is 0 Å². The Kier molecular flexibility index (Phi) is 10.6. The van der Waals surface area contributed by atoms with E-state index in [0.717, 1.165) is 21.3 Å². The summed E-state index contributed by atoms with van der Waals surface area (Å²) in [5.41, 5.74) is 0. The minimum atomic E-state index is 0.515. The van der Waals surface area contributed by atoms with Crippen molar-refractivity contribution in [3.8, 4) is 21.3 Å². The van der Waals surface area contributed by atoms with Crippen molar-refractivity contribution in [2.75, 3.05) is 67.1 Å². The highest BCUT2D eigenvalue weighted by atomic mass is 32.1. The van der Waals surface area contributed by atoms with Crippen LogP contribution in [0.15, 0.2) is 22.9 Å². The van der Waals surface area contributed by atoms with Crippen molar-refractivity contribution in [1.82, 2.24) is 0 Å². The molecule has 146 valence electrons. The van der Waals surface area contributed by atoms with Gasteiger partial charge in [-0.2, -0.15) is 0 Å². The van der Waals surface area contributed by atoms with Crippen molar-refractivity contribution < 1.29 is 28.4 Å². The summed E-state index contributed by atoms with van der Waals surface area (Å²) >= 11 is 3.30. The lowest BCUT2D eigenvalue weighted by atomic mass is 10.3. The molecule has 0 bridgehead atoms. The van der Waals surface area contributed by atoms with E-state index in [2.05, 4.69) is 0 Å². The van der Waals surface area contributed by atoms with Gasteiger partial charge in [-0.3, -0.25) is 0 Å². The molecule has 0 saturated carbocycles. The quantitative estimate of drug-likeness (QED) is 0.425. The van der Waals surface area contributed by atoms with Crippen LogP contribution in [0.4, 0.5) is 0 Å². The second-order valence-corrected chi connectivity index (χ2v) is 7.00. The van der Waals surface area contributed by atoms with Crippen LogP contribution in [-0.4, -0.2) is 67.1 Å². The molecule has 2 aromatic rings. The van der Waals surface area contributed by atoms with Gasteiger partial charge < -0.3 is 28.4 Å². The third-order valence-electron chi connectivity index (χ3n) is 3.27. The van der Waals surface area contributed by atoms with Gasteiger partial charge in [0.15, 0.2) is 0 Å². The fourth-order valence-electron chi connectivity index (χ4n) is 2.02. The zero-order valence-corrected chi connectivity index (χ0v) is 16.9. The molecule has 0 aliphatic heterocycles. The predicted octanol–water partition coefficient (Wildman–Crippen LogP) is 3.56. The molecule has 0 aliphatic rings. The molecule has 8 heteroatoms. The number of hydrogen-bond acceptors (Lipinski definition) is 8. The SMILES string of the molecule is COCCOCCOc1csc(-c2sccc2OCCOCCOC)c1. The van der Waals surface area contributed by atoms with Crippen molar-refractivity contribution in [3.05, 3.63) is 22.9 Å². The molecule has 0 atom stereocenters. The van der Waals surface area contributed by atoms with Gasteiger partial charge in [0.25, 0.3) is 0 Å². The molecular formula is C18H26O6S2. The molecule has 0 amide bonds. The number of methoxy groups -OCH3 is 2. The van der Waals surface area contributed by atoms with E-state index in [9.17, 15) is 0 Å². The molecule has 2 heterocycles. The van der Waals surface area contributed by atoms with E-state index in [1.807, 2.05) is 22.9 Å². The van der Waals surface area contributed by atoms with Crippen molar-refractivity contribution in [3.63, 3.8) is 0 Å². The van der Waals surface area contributed by atoms with Gasteiger partial charge in [0.1, 0.15) is 24.7 Å². The molecule has 6 nitrogen and oxygen atoms in total. The molecule has 0 radical (unpaired) electrons. The molecule has 0 saturated heterocycles. The van der Waals surface area contributed by atoms with Crippen LogP contribution in [0.5, 0.6) is 11.5 Å². The molecule has 26 heavy (non-hydrogen) atoms. The molecule has 2 rings (SSSR count). The highest BCUT2D eigenvalue weighted by Crippen LogP contribution is 2.40. The summed E-state index contributed by atoms with van der Waals surface area (Å²) in [7, 11) is 3.31. The van der Waals surface area contributed by atoms with Crippen LogP contribution in [0.25, 0.3) is 9.75 Å². The molecule has 0 N–H and O–H groups in total. The Morgan fingerprint density at radius 3 is 2.12 bits per heavy atom. The summed E-state index contributed by atoms with van der Waals surface area (Å²) in [5.74, 6) is 1.73. The van der Waals surface area contributed by atoms with Crippen molar-refractivity contribution >= 4 is 22.7 Å². The lowest BCUT2D eigenvalue weighted by Crippen LogP contribution is -2.10. The van der Waals surface area contributed by atoms with Crippen LogP contribution in [0.1, 0.15) is 0 Å². The lowest BCUT2D eigenvalue weighted by molar-refractivity contribution is 0.0545. The van der Waals surface area contributed by atoms with E-state index in [4.69, 9.17) is 28.4 Å². The van der Waals surface area contributed by atoms with Gasteiger partial charge in [-0.05, 0) is 17.5 Å². The highest BCUT2D eigenvalue weighted by Gasteiger charge is 2.11. The van der Waals surface area contributed by atoms with Gasteiger partial charge >= 0.3 is 0 Å². The summed E-state index contributed by atoms with van der Waals surface area (Å²) in [6, 6.07) is 4.02. The van der Waals surface area contributed by atoms with Crippen molar-refractivity contribution in [1.29, 1.82) is 0 Å². The van der Waals surface area contributed by atoms with Crippen molar-refractivity contribution in [2.24, 2.45) is 0 Å². The first-order valence-electron chi connectivity index (χ1n) is 8.40. The maximum absolute atomic E-state index is 5.84. The molecule has 0 unspecified atom stereocenters. The summed E-state index contributed by atoms with van der Waals surface area (Å²) < 4.78 is 32.2. The first-order valence-corrected chi connectivity index (χ1v) is 10.2. The average Bonchev–Trinajstić information content (AvgIpc) is 3.30. The zero-order chi connectivity index (χ0) is 18.5. The van der Waals surface area contributed by atoms with E-state index >= 15 is 0 Å². The Balaban J connectivity index is 1.73. The largest absolute Gasteiger partial charge is 0.490 e. The minimum Gasteiger partial charge on any atom is -0.490 e. The standard InChI is InChI=1S/C18H26O6S2/c1-19-4-6-21-8-10-23-15-13-17(26-14-15)18-16(3-12-25-18)24-11-9-22-7-5-20-2/h3,12-14H,4-11H2,1-2H3. The van der Waals surface area contributed by atoms with E-state index in [-0.39, 0.29) is 0 Å². The first kappa shape index (κ1) is 21.1. The van der Waals surface area contributed by atoms with Crippen LogP contribution in [0.2, 0.25) is 0 Å². The maximum atomic E-state index is 5.84. The lowest BCUT2D eigenvalue weighted by Gasteiger charge is -2.07. The Labute approximate surface area is 162 Å². The van der Waals surface area contributed by atoms with Gasteiger partial charge in [0.05, 0.1) is 49.4 Å². The third kappa shape index (κ3) is 7.61. The predicted molar refractivity (Wildman–Crippen MR) is 104 cm³/mol. The normalized spacial score (nSPS) is 11.0. The number of rotatable bonds is 15. The van der Waals surface area contributed by atoms with E-state index in [0.29, 0.717) is 52.9 Å². The van der Waals surface area contributed by atoms with Crippen LogP contribution in [-0.2, 0) is 18.9 Å². The monoisotopic (exact) mass is 402 g/mol. The Morgan fingerprint density at radius 2 is 1.42 bits per heavy atom. The number of ether oxygens (including phenoxy) is 6. The minimum absolute atomic E-state index is 0.515. The molecule has 2 aromatic heterocycles. The third-order valence-corrected chi connectivity index (χ3v) is 5.26. The van der Waals surface area contributed by atoms with E-state index in [1.54, 1.807) is 36.9 Å². The highest BCUT2D eigenvalue weighted by molar-refractivity contribution is 7.20. The number of thiophene rings is 2. The summed E-state index contributed by atoms with van der Waals surface area (Å²) in [4.78, 5) is 2.24. The summed E-state index contributed by atoms with van der Waals surface area (Å²) in [6.45, 7) is 4.48. The van der Waals surface area contributed by atoms with Crippen LogP contribution in [0.3, 0.4) is 0 Å². The molecular weight excluding hydrogens is 376 g/mol. The van der Waals surface area contributed by atoms with Crippen molar-refractivity contribution in [2.45, 2.75) is 0 Å². The second-order valence-electron chi connectivity index (χ2n) is 5.17. The van der Waals surface area contributed by atoms with Gasteiger partial charge in [-0.25, -0.2) is 0 Å². The van der Waals surface area contributed by atoms with Crippen LogP contribution >= 0.6 is 22.7 Å². The summed E-state index contributed by atoms with van der Waals surface area (Å²) in [5, 5.41) is 4.03. The first-order chi connectivity index (χ1) is 12.8. The van der Waals surface area contributed by atoms with Gasteiger partial charge in [-0.1, -0.05) is 0 Å². The van der Waals surface area contributed by atoms with Gasteiger partial charge in [0.2, 0.25) is 0 Å². The molecule has 0 aliphatic carbocycles. The molecule has 0 aromatic carbocycles. The smallest absolute Gasteiger partial charge is 0.138 e. The maximum Gasteiger partial charge on any atom is 0.138 e. The Bertz CT molecular complexity index is 598. The van der Waals surface area contributed by atoms with Crippen LogP contribution in [0, 0.1) is 0 Å². The van der Waals surface area contributed by atoms with Gasteiger partial charge in [-0.15, -0.1) is 22.7 Å². The summed E-state index contributed by atoms with van der Waals surface area (Å²) in [6.07, 6.45) is 0. The fraction of sp³-hybridized carbons (Fsp3) is 0.556. The zero-order valence-electron chi connectivity index (χ0n) is 15.2. The fourth-order valence-corrected chi connectivity index (χ4v) is 3.83. The Morgan fingerprint density at radius 1 is 0.769 bits per heavy atom. The number of hydrogen-bond donors (Lipinski definition) is 0. The molecule has 0 fully saturated rings. The second kappa shape index (κ2) is 13.1. The topological polar surface area (TPSA) is 55.4 Å². The Hall–Kier alpha value is -1.16. The van der Waals surface area contributed by atoms with Crippen LogP contribution < -0.4 is 9.47 Å². The molecule has 0 spiro atoms.